The first kappa shape index (κ1) is 16.6. The van der Waals surface area contributed by atoms with Gasteiger partial charge in [0.05, 0.1) is 5.75 Å². The molecular formula is C17H22N2O2S. The van der Waals surface area contributed by atoms with Gasteiger partial charge in [-0.3, -0.25) is 9.59 Å². The number of nitrogens with two attached hydrogens (primary N) is 1. The lowest BCUT2D eigenvalue weighted by atomic mass is 9.96. The van der Waals surface area contributed by atoms with Crippen molar-refractivity contribution in [1.82, 2.24) is 4.90 Å². The lowest BCUT2D eigenvalue weighted by molar-refractivity contribution is -0.132. The van der Waals surface area contributed by atoms with E-state index in [1.54, 1.807) is 11.8 Å². The first-order valence-electron chi connectivity index (χ1n) is 7.53. The summed E-state index contributed by atoms with van der Waals surface area (Å²) in [5.41, 5.74) is 6.47. The first-order chi connectivity index (χ1) is 10.7. The molecule has 1 saturated heterocycles. The standard InChI is InChI=1S/C17H22N2O2S/c18-17(21)15-8-10-19(11-9-15)16(20)13-22-12-4-7-14-5-2-1-3-6-14/h1-7,15H,8-13H2,(H2,18,21)/b7-4+. The molecule has 2 amide bonds. The lowest BCUT2D eigenvalue weighted by Crippen LogP contribution is -2.42. The molecule has 1 aromatic rings. The van der Waals surface area contributed by atoms with Gasteiger partial charge in [0.25, 0.3) is 0 Å². The van der Waals surface area contributed by atoms with Crippen molar-refractivity contribution < 1.29 is 9.59 Å². The molecule has 22 heavy (non-hydrogen) atoms. The summed E-state index contributed by atoms with van der Waals surface area (Å²) in [6, 6.07) is 10.1. The van der Waals surface area contributed by atoms with E-state index in [-0.39, 0.29) is 17.7 Å². The Hall–Kier alpha value is -1.75. The molecule has 1 aliphatic rings. The largest absolute Gasteiger partial charge is 0.369 e. The summed E-state index contributed by atoms with van der Waals surface area (Å²) >= 11 is 1.61. The number of likely N-dealkylation sites (tertiary alicyclic amines) is 1. The molecule has 1 heterocycles. The summed E-state index contributed by atoms with van der Waals surface area (Å²) in [6.45, 7) is 1.29. The lowest BCUT2D eigenvalue weighted by Gasteiger charge is -2.30. The molecule has 0 aliphatic carbocycles. The summed E-state index contributed by atoms with van der Waals surface area (Å²) in [4.78, 5) is 25.0. The Morgan fingerprint density at radius 3 is 2.55 bits per heavy atom. The Balaban J connectivity index is 1.64. The number of nitrogens with zero attached hydrogens (tertiary/aromatic N) is 1. The van der Waals surface area contributed by atoms with Gasteiger partial charge in [-0.15, -0.1) is 11.8 Å². The van der Waals surface area contributed by atoms with E-state index in [4.69, 9.17) is 5.73 Å². The van der Waals surface area contributed by atoms with Crippen LogP contribution in [0.5, 0.6) is 0 Å². The summed E-state index contributed by atoms with van der Waals surface area (Å²) in [5.74, 6) is 1.15. The van der Waals surface area contributed by atoms with Crippen molar-refractivity contribution in [3.8, 4) is 0 Å². The third-order valence-electron chi connectivity index (χ3n) is 3.80. The van der Waals surface area contributed by atoms with E-state index in [0.717, 1.165) is 5.75 Å². The van der Waals surface area contributed by atoms with Crippen LogP contribution in [0.1, 0.15) is 18.4 Å². The van der Waals surface area contributed by atoms with Gasteiger partial charge in [0.1, 0.15) is 0 Å². The van der Waals surface area contributed by atoms with Crippen molar-refractivity contribution >= 4 is 29.7 Å². The van der Waals surface area contributed by atoms with E-state index in [0.29, 0.717) is 31.7 Å². The van der Waals surface area contributed by atoms with E-state index in [9.17, 15) is 9.59 Å². The highest BCUT2D eigenvalue weighted by Crippen LogP contribution is 2.17. The van der Waals surface area contributed by atoms with Gasteiger partial charge in [0.2, 0.25) is 11.8 Å². The number of thioether (sulfide) groups is 1. The maximum Gasteiger partial charge on any atom is 0.232 e. The number of carbonyl (C=O) groups excluding carboxylic acids is 2. The average molecular weight is 318 g/mol. The molecule has 5 heteroatoms. The van der Waals surface area contributed by atoms with Crippen LogP contribution >= 0.6 is 11.8 Å². The number of piperidine rings is 1. The third kappa shape index (κ3) is 5.22. The van der Waals surface area contributed by atoms with Crippen molar-refractivity contribution in [2.45, 2.75) is 12.8 Å². The second-order valence-corrected chi connectivity index (χ2v) is 6.42. The normalized spacial score (nSPS) is 16.1. The second kappa shape index (κ2) is 8.63. The first-order valence-corrected chi connectivity index (χ1v) is 8.68. The number of benzene rings is 1. The van der Waals surface area contributed by atoms with E-state index in [1.807, 2.05) is 23.1 Å². The van der Waals surface area contributed by atoms with E-state index >= 15 is 0 Å². The Kier molecular flexibility index (Phi) is 6.52. The van der Waals surface area contributed by atoms with Crippen LogP contribution in [0.4, 0.5) is 0 Å². The molecule has 1 fully saturated rings. The third-order valence-corrected chi connectivity index (χ3v) is 4.68. The molecule has 0 atom stereocenters. The highest BCUT2D eigenvalue weighted by atomic mass is 32.2. The van der Waals surface area contributed by atoms with Crippen molar-refractivity contribution in [2.24, 2.45) is 11.7 Å². The molecule has 118 valence electrons. The molecule has 0 bridgehead atoms. The van der Waals surface area contributed by atoms with Gasteiger partial charge in [-0.2, -0.15) is 0 Å². The Morgan fingerprint density at radius 1 is 1.23 bits per heavy atom. The second-order valence-electron chi connectivity index (χ2n) is 5.39. The molecule has 0 unspecified atom stereocenters. The van der Waals surface area contributed by atoms with Gasteiger partial charge >= 0.3 is 0 Å². The highest BCUT2D eigenvalue weighted by Gasteiger charge is 2.25. The number of carbonyl (C=O) groups is 2. The quantitative estimate of drug-likeness (QED) is 0.818. The monoisotopic (exact) mass is 318 g/mol. The molecule has 1 aromatic carbocycles. The molecule has 0 radical (unpaired) electrons. The zero-order valence-corrected chi connectivity index (χ0v) is 13.4. The van der Waals surface area contributed by atoms with Crippen LogP contribution in [-0.2, 0) is 9.59 Å². The summed E-state index contributed by atoms with van der Waals surface area (Å²) < 4.78 is 0. The number of hydrogen-bond acceptors (Lipinski definition) is 3. The van der Waals surface area contributed by atoms with E-state index in [1.165, 1.54) is 5.56 Å². The van der Waals surface area contributed by atoms with Crippen LogP contribution in [0, 0.1) is 5.92 Å². The number of primary amides is 1. The van der Waals surface area contributed by atoms with Crippen LogP contribution in [0.3, 0.4) is 0 Å². The molecule has 2 rings (SSSR count). The van der Waals surface area contributed by atoms with Crippen molar-refractivity contribution in [3.63, 3.8) is 0 Å². The van der Waals surface area contributed by atoms with Gasteiger partial charge in [0.15, 0.2) is 0 Å². The van der Waals surface area contributed by atoms with Crippen LogP contribution in [0.25, 0.3) is 6.08 Å². The summed E-state index contributed by atoms with van der Waals surface area (Å²) in [7, 11) is 0. The molecule has 2 N–H and O–H groups in total. The molecule has 1 aliphatic heterocycles. The maximum atomic E-state index is 12.1. The number of amides is 2. The molecule has 0 saturated carbocycles. The van der Waals surface area contributed by atoms with Crippen molar-refractivity contribution in [2.75, 3.05) is 24.6 Å². The van der Waals surface area contributed by atoms with E-state index in [2.05, 4.69) is 24.3 Å². The Labute approximate surface area is 135 Å². The smallest absolute Gasteiger partial charge is 0.232 e. The number of hydrogen-bond donors (Lipinski definition) is 1. The van der Waals surface area contributed by atoms with Gasteiger partial charge in [-0.25, -0.2) is 0 Å². The maximum absolute atomic E-state index is 12.1. The predicted octanol–water partition coefficient (Wildman–Crippen LogP) is 2.16. The Morgan fingerprint density at radius 2 is 1.91 bits per heavy atom. The minimum absolute atomic E-state index is 0.0643. The van der Waals surface area contributed by atoms with Crippen molar-refractivity contribution in [1.29, 1.82) is 0 Å². The zero-order valence-electron chi connectivity index (χ0n) is 12.6. The minimum atomic E-state index is -0.243. The summed E-state index contributed by atoms with van der Waals surface area (Å²) in [6.07, 6.45) is 5.53. The highest BCUT2D eigenvalue weighted by molar-refractivity contribution is 8.00. The SMILES string of the molecule is NC(=O)C1CCN(C(=O)CSC/C=C/c2ccccc2)CC1. The van der Waals surface area contributed by atoms with Gasteiger partial charge in [0, 0.05) is 24.8 Å². The predicted molar refractivity (Wildman–Crippen MR) is 91.3 cm³/mol. The van der Waals surface area contributed by atoms with Crippen LogP contribution in [0.15, 0.2) is 36.4 Å². The summed E-state index contributed by atoms with van der Waals surface area (Å²) in [5, 5.41) is 0. The molecule has 4 nitrogen and oxygen atoms in total. The minimum Gasteiger partial charge on any atom is -0.369 e. The zero-order chi connectivity index (χ0) is 15.8. The molecular weight excluding hydrogens is 296 g/mol. The fraction of sp³-hybridized carbons (Fsp3) is 0.412. The fourth-order valence-corrected chi connectivity index (χ4v) is 3.17. The van der Waals surface area contributed by atoms with Gasteiger partial charge in [-0.05, 0) is 18.4 Å². The van der Waals surface area contributed by atoms with Crippen molar-refractivity contribution in [3.05, 3.63) is 42.0 Å². The molecule has 0 spiro atoms. The van der Waals surface area contributed by atoms with Crippen LogP contribution in [0.2, 0.25) is 0 Å². The van der Waals surface area contributed by atoms with Gasteiger partial charge < -0.3 is 10.6 Å². The Bertz CT molecular complexity index is 523. The molecule has 0 aromatic heterocycles. The van der Waals surface area contributed by atoms with Crippen LogP contribution in [-0.4, -0.2) is 41.3 Å². The average Bonchev–Trinajstić information content (AvgIpc) is 2.55. The van der Waals surface area contributed by atoms with E-state index < -0.39 is 0 Å². The topological polar surface area (TPSA) is 63.4 Å². The van der Waals surface area contributed by atoms with Crippen LogP contribution < -0.4 is 5.73 Å². The number of rotatable bonds is 6. The fourth-order valence-electron chi connectivity index (χ4n) is 2.47. The van der Waals surface area contributed by atoms with Gasteiger partial charge in [-0.1, -0.05) is 42.5 Å².